The van der Waals surface area contributed by atoms with Gasteiger partial charge in [-0.15, -0.1) is 0 Å². The van der Waals surface area contributed by atoms with Gasteiger partial charge in [-0.2, -0.15) is 0 Å². The van der Waals surface area contributed by atoms with Gasteiger partial charge >= 0.3 is 0 Å². The van der Waals surface area contributed by atoms with Crippen LogP contribution in [0.15, 0.2) is 29.3 Å². The summed E-state index contributed by atoms with van der Waals surface area (Å²) in [6.45, 7) is 10.6. The highest BCUT2D eigenvalue weighted by Crippen LogP contribution is 2.21. The van der Waals surface area contributed by atoms with Crippen LogP contribution >= 0.6 is 0 Å². The Kier molecular flexibility index (Phi) is 5.76. The van der Waals surface area contributed by atoms with Crippen molar-refractivity contribution >= 4 is 6.21 Å². The number of hydrogen-bond donors (Lipinski definition) is 0. The van der Waals surface area contributed by atoms with Gasteiger partial charge in [-0.1, -0.05) is 18.2 Å². The molecule has 0 N–H and O–H groups in total. The highest BCUT2D eigenvalue weighted by molar-refractivity contribution is 5.53. The maximum absolute atomic E-state index is 5.99. The summed E-state index contributed by atoms with van der Waals surface area (Å²) in [6, 6.07) is 8.47. The number of aryl methyl sites for hydroxylation is 1. The summed E-state index contributed by atoms with van der Waals surface area (Å²) in [5.41, 5.74) is 1.16. The van der Waals surface area contributed by atoms with Crippen molar-refractivity contribution < 1.29 is 9.47 Å². The maximum Gasteiger partial charge on any atom is 0.122 e. The summed E-state index contributed by atoms with van der Waals surface area (Å²) in [4.78, 5) is 6.67. The fourth-order valence-electron chi connectivity index (χ4n) is 2.68. The lowest BCUT2D eigenvalue weighted by Crippen LogP contribution is -2.38. The molecule has 0 aliphatic carbocycles. The van der Waals surface area contributed by atoms with Crippen molar-refractivity contribution in [2.45, 2.75) is 46.1 Å². The van der Waals surface area contributed by atoms with Gasteiger partial charge < -0.3 is 9.47 Å². The quantitative estimate of drug-likeness (QED) is 0.756. The first-order chi connectivity index (χ1) is 10.1. The first kappa shape index (κ1) is 16.0. The number of nitrogens with zero attached hydrogens (tertiary/aromatic N) is 2. The monoisotopic (exact) mass is 290 g/mol. The molecule has 1 saturated heterocycles. The Hall–Kier alpha value is -1.39. The average Bonchev–Trinajstić information content (AvgIpc) is 2.85. The molecule has 1 aromatic rings. The highest BCUT2D eigenvalue weighted by atomic mass is 16.6. The number of benzene rings is 1. The van der Waals surface area contributed by atoms with Crippen molar-refractivity contribution in [1.82, 2.24) is 4.90 Å². The molecule has 1 fully saturated rings. The van der Waals surface area contributed by atoms with Crippen LogP contribution in [0.25, 0.3) is 0 Å². The van der Waals surface area contributed by atoms with Gasteiger partial charge in [0.15, 0.2) is 0 Å². The van der Waals surface area contributed by atoms with E-state index in [1.54, 1.807) is 0 Å². The van der Waals surface area contributed by atoms with Gasteiger partial charge in [-0.3, -0.25) is 9.89 Å². The minimum Gasteiger partial charge on any atom is -0.491 e. The molecular weight excluding hydrogens is 264 g/mol. The van der Waals surface area contributed by atoms with E-state index < -0.39 is 0 Å². The normalized spacial score (nSPS) is 24.6. The van der Waals surface area contributed by atoms with Crippen molar-refractivity contribution in [1.29, 1.82) is 0 Å². The lowest BCUT2D eigenvalue weighted by molar-refractivity contribution is -0.0102. The molecule has 1 aliphatic heterocycles. The van der Waals surface area contributed by atoms with E-state index in [1.807, 2.05) is 31.3 Å². The number of para-hydroxylation sites is 1. The highest BCUT2D eigenvalue weighted by Gasteiger charge is 2.33. The Labute approximate surface area is 127 Å². The zero-order valence-corrected chi connectivity index (χ0v) is 13.5. The number of aliphatic imine (C=N–C) groups is 1. The predicted octanol–water partition coefficient (Wildman–Crippen LogP) is 2.90. The second-order valence-electron chi connectivity index (χ2n) is 5.60. The molecule has 2 rings (SSSR count). The molecule has 0 aromatic heterocycles. The minimum absolute atomic E-state index is 0.118. The molecule has 0 saturated carbocycles. The number of rotatable bonds is 6. The minimum atomic E-state index is 0.118. The summed E-state index contributed by atoms with van der Waals surface area (Å²) in [7, 11) is 0. The van der Waals surface area contributed by atoms with Gasteiger partial charge in [-0.05, 0) is 45.5 Å². The SMILES string of the molecule is CC=NCC(C)N1CC(COc2ccccc2C)OC1C. The lowest BCUT2D eigenvalue weighted by Gasteiger charge is -2.25. The summed E-state index contributed by atoms with van der Waals surface area (Å²) < 4.78 is 11.9. The van der Waals surface area contributed by atoms with Gasteiger partial charge in [0.1, 0.15) is 24.7 Å². The Morgan fingerprint density at radius 3 is 2.95 bits per heavy atom. The van der Waals surface area contributed by atoms with E-state index in [1.165, 1.54) is 0 Å². The van der Waals surface area contributed by atoms with Gasteiger partial charge in [0, 0.05) is 12.6 Å². The van der Waals surface area contributed by atoms with E-state index >= 15 is 0 Å². The Bertz CT molecular complexity index is 476. The molecular formula is C17H26N2O2. The fourth-order valence-corrected chi connectivity index (χ4v) is 2.68. The zero-order chi connectivity index (χ0) is 15.2. The van der Waals surface area contributed by atoms with Crippen LogP contribution in [0, 0.1) is 6.92 Å². The maximum atomic E-state index is 5.99. The van der Waals surface area contributed by atoms with Crippen molar-refractivity contribution in [3.05, 3.63) is 29.8 Å². The van der Waals surface area contributed by atoms with Crippen molar-refractivity contribution in [2.24, 2.45) is 4.99 Å². The van der Waals surface area contributed by atoms with Gasteiger partial charge in [-0.25, -0.2) is 0 Å². The van der Waals surface area contributed by atoms with Crippen molar-refractivity contribution in [3.8, 4) is 5.75 Å². The lowest BCUT2D eigenvalue weighted by atomic mass is 10.2. The van der Waals surface area contributed by atoms with Crippen LogP contribution in [0.1, 0.15) is 26.3 Å². The summed E-state index contributed by atoms with van der Waals surface area (Å²) in [6.07, 6.45) is 2.10. The third-order valence-corrected chi connectivity index (χ3v) is 3.91. The Morgan fingerprint density at radius 2 is 2.24 bits per heavy atom. The third-order valence-electron chi connectivity index (χ3n) is 3.91. The molecule has 116 valence electrons. The van der Waals surface area contributed by atoms with E-state index in [-0.39, 0.29) is 12.3 Å². The summed E-state index contributed by atoms with van der Waals surface area (Å²) in [5, 5.41) is 0. The first-order valence-corrected chi connectivity index (χ1v) is 7.66. The van der Waals surface area contributed by atoms with E-state index in [2.05, 4.69) is 36.7 Å². The molecule has 1 aliphatic rings. The average molecular weight is 290 g/mol. The smallest absolute Gasteiger partial charge is 0.122 e. The topological polar surface area (TPSA) is 34.1 Å². The summed E-state index contributed by atoms with van der Waals surface area (Å²) in [5.74, 6) is 0.941. The number of hydrogen-bond acceptors (Lipinski definition) is 4. The zero-order valence-electron chi connectivity index (χ0n) is 13.5. The fraction of sp³-hybridized carbons (Fsp3) is 0.588. The van der Waals surface area contributed by atoms with Gasteiger partial charge in [0.25, 0.3) is 0 Å². The molecule has 0 amide bonds. The molecule has 0 radical (unpaired) electrons. The Morgan fingerprint density at radius 1 is 1.48 bits per heavy atom. The van der Waals surface area contributed by atoms with Gasteiger partial charge in [0.05, 0.1) is 6.54 Å². The van der Waals surface area contributed by atoms with Crippen LogP contribution in [-0.2, 0) is 4.74 Å². The van der Waals surface area contributed by atoms with Crippen molar-refractivity contribution in [3.63, 3.8) is 0 Å². The standard InChI is InChI=1S/C17H26N2O2/c1-5-18-10-14(3)19-11-16(21-15(19)4)12-20-17-9-7-6-8-13(17)2/h5-9,14-16H,10-12H2,1-4H3. The largest absolute Gasteiger partial charge is 0.491 e. The van der Waals surface area contributed by atoms with Crippen LogP contribution in [0.4, 0.5) is 0 Å². The third kappa shape index (κ3) is 4.29. The molecule has 21 heavy (non-hydrogen) atoms. The molecule has 3 atom stereocenters. The van der Waals surface area contributed by atoms with Crippen LogP contribution < -0.4 is 4.74 Å². The molecule has 1 heterocycles. The Balaban J connectivity index is 1.85. The van der Waals surface area contributed by atoms with Crippen LogP contribution in [0.5, 0.6) is 5.75 Å². The van der Waals surface area contributed by atoms with E-state index in [0.717, 1.165) is 24.4 Å². The van der Waals surface area contributed by atoms with E-state index in [0.29, 0.717) is 12.6 Å². The number of ether oxygens (including phenoxy) is 2. The molecule has 1 aromatic carbocycles. The van der Waals surface area contributed by atoms with Crippen LogP contribution in [-0.4, -0.2) is 49.2 Å². The van der Waals surface area contributed by atoms with Gasteiger partial charge in [0.2, 0.25) is 0 Å². The summed E-state index contributed by atoms with van der Waals surface area (Å²) >= 11 is 0. The second-order valence-corrected chi connectivity index (χ2v) is 5.60. The van der Waals surface area contributed by atoms with Crippen LogP contribution in [0.3, 0.4) is 0 Å². The molecule has 0 bridgehead atoms. The van der Waals surface area contributed by atoms with E-state index in [4.69, 9.17) is 9.47 Å². The molecule has 0 spiro atoms. The van der Waals surface area contributed by atoms with E-state index in [9.17, 15) is 0 Å². The molecule has 3 unspecified atom stereocenters. The van der Waals surface area contributed by atoms with Crippen LogP contribution in [0.2, 0.25) is 0 Å². The molecule has 4 heteroatoms. The molecule has 4 nitrogen and oxygen atoms in total. The second kappa shape index (κ2) is 7.57. The predicted molar refractivity (Wildman–Crippen MR) is 86.2 cm³/mol. The van der Waals surface area contributed by atoms with Crippen molar-refractivity contribution in [2.75, 3.05) is 19.7 Å². The first-order valence-electron chi connectivity index (χ1n) is 7.66.